The highest BCUT2D eigenvalue weighted by Crippen LogP contribution is 2.34. The quantitative estimate of drug-likeness (QED) is 0.195. The van der Waals surface area contributed by atoms with E-state index in [1.54, 1.807) is 37.4 Å². The van der Waals surface area contributed by atoms with E-state index in [-0.39, 0.29) is 17.2 Å². The monoisotopic (exact) mass is 489 g/mol. The average Bonchev–Trinajstić information content (AvgIpc) is 2.81. The molecule has 11 nitrogen and oxygen atoms in total. The second-order valence-electron chi connectivity index (χ2n) is 6.99. The van der Waals surface area contributed by atoms with Gasteiger partial charge in [0.2, 0.25) is 5.96 Å². The smallest absolute Gasteiger partial charge is 0.271 e. The lowest BCUT2D eigenvalue weighted by Crippen LogP contribution is -2.46. The number of nitrogens with zero attached hydrogens (tertiary/aromatic N) is 2. The molecule has 2 rings (SSSR count). The number of hydrazine groups is 1. The van der Waals surface area contributed by atoms with Crippen molar-refractivity contribution < 1.29 is 27.8 Å². The maximum absolute atomic E-state index is 12.8. The van der Waals surface area contributed by atoms with Crippen molar-refractivity contribution in [2.24, 2.45) is 4.40 Å². The molecule has 0 saturated heterocycles. The van der Waals surface area contributed by atoms with E-state index in [9.17, 15) is 18.3 Å². The Hall–Kier alpha value is -3.82. The molecule has 0 saturated carbocycles. The number of carbonyl (C=O) groups is 1. The van der Waals surface area contributed by atoms with Crippen molar-refractivity contribution in [2.75, 3.05) is 19.5 Å². The summed E-state index contributed by atoms with van der Waals surface area (Å²) in [5.41, 5.74) is 6.11. The number of carbonyl (C=O) groups excluding carboxylic acids is 1. The Balaban J connectivity index is 2.43. The molecule has 0 bridgehead atoms. The van der Waals surface area contributed by atoms with Gasteiger partial charge in [-0.1, -0.05) is 12.0 Å². The summed E-state index contributed by atoms with van der Waals surface area (Å²) in [6.45, 7) is 4.52. The third kappa shape index (κ3) is 6.84. The number of aliphatic hydroxyl groups excluding tert-OH is 1. The molecule has 2 aromatic rings. The Morgan fingerprint density at radius 1 is 1.18 bits per heavy atom. The van der Waals surface area contributed by atoms with Crippen LogP contribution in [0.1, 0.15) is 29.8 Å². The Kier molecular flexibility index (Phi) is 9.23. The lowest BCUT2D eigenvalue weighted by molar-refractivity contribution is 0.0943. The summed E-state index contributed by atoms with van der Waals surface area (Å²) in [7, 11) is -1.44. The first-order valence-corrected chi connectivity index (χ1v) is 11.5. The highest BCUT2D eigenvalue weighted by Gasteiger charge is 2.28. The summed E-state index contributed by atoms with van der Waals surface area (Å²) in [6.07, 6.45) is 1.48. The van der Waals surface area contributed by atoms with Gasteiger partial charge in [-0.05, 0) is 44.5 Å². The standard InChI is InChI=1S/C22H27N5O6S/c1-6-8-17(28)15(3)34(30,31)27-22(24-20-18(32-4)9-7-10-19(20)33-5)26-25-21(29)16-11-14(2)12-23-13-16/h7,9-13,15,17,28H,1-5H3,(H,25,29)(H2,24,26,27)/t15-,17+/m1/s1. The summed E-state index contributed by atoms with van der Waals surface area (Å²) >= 11 is 0. The van der Waals surface area contributed by atoms with Crippen LogP contribution < -0.4 is 25.6 Å². The number of benzene rings is 1. The van der Waals surface area contributed by atoms with Crippen molar-refractivity contribution in [3.63, 3.8) is 0 Å². The number of sulfonamides is 1. The zero-order valence-electron chi connectivity index (χ0n) is 19.4. The minimum absolute atomic E-state index is 0.242. The number of anilines is 1. The fourth-order valence-electron chi connectivity index (χ4n) is 2.68. The van der Waals surface area contributed by atoms with Gasteiger partial charge in [-0.3, -0.25) is 20.6 Å². The van der Waals surface area contributed by atoms with Crippen molar-refractivity contribution in [2.45, 2.75) is 32.1 Å². The molecule has 1 aromatic carbocycles. The Morgan fingerprint density at radius 2 is 1.82 bits per heavy atom. The molecule has 1 heterocycles. The van der Waals surface area contributed by atoms with Crippen molar-refractivity contribution in [3.05, 3.63) is 47.8 Å². The van der Waals surface area contributed by atoms with Crippen molar-refractivity contribution >= 4 is 27.6 Å². The molecule has 1 amide bonds. The van der Waals surface area contributed by atoms with E-state index < -0.39 is 27.3 Å². The minimum atomic E-state index is -4.29. The maximum Gasteiger partial charge on any atom is 0.271 e. The van der Waals surface area contributed by atoms with Gasteiger partial charge in [-0.25, -0.2) is 8.42 Å². The molecule has 0 aliphatic heterocycles. The number of guanidine groups is 1. The first-order chi connectivity index (χ1) is 16.1. The van der Waals surface area contributed by atoms with Crippen LogP contribution in [0.25, 0.3) is 0 Å². The summed E-state index contributed by atoms with van der Waals surface area (Å²) in [4.78, 5) is 16.5. The van der Waals surface area contributed by atoms with E-state index in [1.165, 1.54) is 34.3 Å². The van der Waals surface area contributed by atoms with Crippen LogP contribution in [0.5, 0.6) is 11.5 Å². The van der Waals surface area contributed by atoms with Crippen molar-refractivity contribution in [1.82, 2.24) is 15.8 Å². The summed E-state index contributed by atoms with van der Waals surface area (Å²) in [5, 5.41) is 11.5. The number of hydrogen-bond donors (Lipinski definition) is 4. The van der Waals surface area contributed by atoms with Gasteiger partial charge in [0.05, 0.1) is 19.8 Å². The van der Waals surface area contributed by atoms with Gasteiger partial charge < -0.3 is 19.9 Å². The third-order valence-corrected chi connectivity index (χ3v) is 6.16. The predicted molar refractivity (Wildman–Crippen MR) is 128 cm³/mol. The second-order valence-corrected chi connectivity index (χ2v) is 8.95. The largest absolute Gasteiger partial charge is 0.494 e. The summed E-state index contributed by atoms with van der Waals surface area (Å²) < 4.78 is 40.0. The van der Waals surface area contributed by atoms with E-state index in [2.05, 4.69) is 37.4 Å². The number of methoxy groups -OCH3 is 2. The van der Waals surface area contributed by atoms with Crippen molar-refractivity contribution in [3.8, 4) is 23.3 Å². The first-order valence-electron chi connectivity index (χ1n) is 10.0. The molecular weight excluding hydrogens is 462 g/mol. The van der Waals surface area contributed by atoms with Crippen LogP contribution in [0.2, 0.25) is 0 Å². The van der Waals surface area contributed by atoms with Crippen molar-refractivity contribution in [1.29, 1.82) is 0 Å². The van der Waals surface area contributed by atoms with Gasteiger partial charge in [-0.15, -0.1) is 10.3 Å². The lowest BCUT2D eigenvalue weighted by Gasteiger charge is -2.18. The minimum Gasteiger partial charge on any atom is -0.494 e. The Morgan fingerprint density at radius 3 is 2.38 bits per heavy atom. The van der Waals surface area contributed by atoms with Crippen LogP contribution in [0.15, 0.2) is 41.1 Å². The molecule has 0 fully saturated rings. The summed E-state index contributed by atoms with van der Waals surface area (Å²) in [5.74, 6) is 4.54. The third-order valence-electron chi connectivity index (χ3n) is 4.53. The molecule has 0 radical (unpaired) electrons. The van der Waals surface area contributed by atoms with Gasteiger partial charge in [0, 0.05) is 12.4 Å². The molecule has 12 heteroatoms. The zero-order chi connectivity index (χ0) is 25.3. The van der Waals surface area contributed by atoms with E-state index in [0.717, 1.165) is 5.56 Å². The van der Waals surface area contributed by atoms with Crippen LogP contribution >= 0.6 is 0 Å². The molecular formula is C22H27N5O6S. The van der Waals surface area contributed by atoms with Gasteiger partial charge in [-0.2, -0.15) is 0 Å². The molecule has 182 valence electrons. The SMILES string of the molecule is CC#C[C@H](O)[C@@H](C)S(=O)(=O)N=C(NNC(=O)c1cncc(C)c1)Nc1c(OC)cccc1OC. The average molecular weight is 490 g/mol. The number of amides is 1. The number of nitrogens with one attached hydrogen (secondary N) is 3. The molecule has 0 unspecified atom stereocenters. The maximum atomic E-state index is 12.8. The van der Waals surface area contributed by atoms with E-state index in [0.29, 0.717) is 11.5 Å². The van der Waals surface area contributed by atoms with Crippen LogP contribution in [-0.2, 0) is 10.0 Å². The predicted octanol–water partition coefficient (Wildman–Crippen LogP) is 1.21. The Labute approximate surface area is 198 Å². The second kappa shape index (κ2) is 11.9. The van der Waals surface area contributed by atoms with Gasteiger partial charge in [0.15, 0.2) is 0 Å². The lowest BCUT2D eigenvalue weighted by atomic mass is 10.2. The molecule has 34 heavy (non-hydrogen) atoms. The van der Waals surface area contributed by atoms with Crippen LogP contribution in [0, 0.1) is 18.8 Å². The molecule has 1 aromatic heterocycles. The molecule has 0 spiro atoms. The highest BCUT2D eigenvalue weighted by molar-refractivity contribution is 7.90. The number of aromatic nitrogens is 1. The number of hydrogen-bond acceptors (Lipinski definition) is 7. The molecule has 0 aliphatic rings. The van der Waals surface area contributed by atoms with Crippen LogP contribution in [-0.4, -0.2) is 55.9 Å². The fraction of sp³-hybridized carbons (Fsp3) is 0.318. The zero-order valence-corrected chi connectivity index (χ0v) is 20.2. The van der Waals surface area contributed by atoms with E-state index in [1.807, 2.05) is 0 Å². The molecule has 4 N–H and O–H groups in total. The fourth-order valence-corrected chi connectivity index (χ4v) is 3.58. The normalized spacial score (nSPS) is 13.1. The van der Waals surface area contributed by atoms with Gasteiger partial charge in [0.25, 0.3) is 15.9 Å². The first kappa shape index (κ1) is 26.4. The summed E-state index contributed by atoms with van der Waals surface area (Å²) in [6, 6.07) is 6.53. The Bertz CT molecular complexity index is 1200. The number of ether oxygens (including phenoxy) is 2. The van der Waals surface area contributed by atoms with Gasteiger partial charge >= 0.3 is 0 Å². The topological polar surface area (TPSA) is 151 Å². The number of para-hydroxylation sites is 1. The number of aryl methyl sites for hydroxylation is 1. The van der Waals surface area contributed by atoms with Gasteiger partial charge in [0.1, 0.15) is 28.5 Å². The number of rotatable bonds is 7. The van der Waals surface area contributed by atoms with E-state index in [4.69, 9.17) is 9.47 Å². The molecule has 2 atom stereocenters. The number of aliphatic hydroxyl groups is 1. The van der Waals surface area contributed by atoms with Crippen LogP contribution in [0.3, 0.4) is 0 Å². The van der Waals surface area contributed by atoms with E-state index >= 15 is 0 Å². The molecule has 0 aliphatic carbocycles. The number of pyridine rings is 1. The van der Waals surface area contributed by atoms with Crippen LogP contribution in [0.4, 0.5) is 5.69 Å². The highest BCUT2D eigenvalue weighted by atomic mass is 32.2.